The van der Waals surface area contributed by atoms with Crippen LogP contribution in [0.4, 0.5) is 0 Å². The van der Waals surface area contributed by atoms with Crippen LogP contribution in [0.1, 0.15) is 26.7 Å². The van der Waals surface area contributed by atoms with Crippen molar-refractivity contribution in [3.63, 3.8) is 0 Å². The van der Waals surface area contributed by atoms with E-state index in [0.717, 1.165) is 11.3 Å². The third-order valence-electron chi connectivity index (χ3n) is 1.24. The second-order valence-electron chi connectivity index (χ2n) is 2.19. The molecule has 3 nitrogen and oxygen atoms in total. The van der Waals surface area contributed by atoms with Gasteiger partial charge in [0, 0.05) is 17.8 Å². The maximum Gasteiger partial charge on any atom is 0.146 e. The molecule has 0 saturated carbocycles. The van der Waals surface area contributed by atoms with Crippen molar-refractivity contribution >= 4 is 22.9 Å². The van der Waals surface area contributed by atoms with Crippen LogP contribution in [0.3, 0.4) is 0 Å². The summed E-state index contributed by atoms with van der Waals surface area (Å²) in [6.07, 6.45) is 1.50. The molecule has 12 heavy (non-hydrogen) atoms. The third-order valence-corrected chi connectivity index (χ3v) is 1.70. The van der Waals surface area contributed by atoms with E-state index in [-0.39, 0.29) is 12.3 Å². The minimum absolute atomic E-state index is 0.120. The number of nitrogens with two attached hydrogens (primary N) is 2. The zero-order valence-electron chi connectivity index (χ0n) is 7.80. The maximum atomic E-state index is 10.1. The lowest BCUT2D eigenvalue weighted by molar-refractivity contribution is -0.117. The minimum atomic E-state index is 0.120. The standard InChI is InChI=1S/C4H9NO.C4H9NS/c2*1-2-4(6)3-5/h2*2-3,5H2,1H3. The summed E-state index contributed by atoms with van der Waals surface area (Å²) in [7, 11) is 0. The Balaban J connectivity index is 0. The number of ketones is 1. The normalized spacial score (nSPS) is 8.33. The number of carbonyl (C=O) groups excluding carboxylic acids is 1. The van der Waals surface area contributed by atoms with Crippen LogP contribution < -0.4 is 11.5 Å². The third kappa shape index (κ3) is 12.4. The van der Waals surface area contributed by atoms with Crippen LogP contribution in [-0.2, 0) is 4.79 Å². The molecule has 0 aromatic rings. The van der Waals surface area contributed by atoms with Crippen LogP contribution in [0, 0.1) is 0 Å². The SMILES string of the molecule is CCC(=O)CN.CCC(=S)CN. The van der Waals surface area contributed by atoms with E-state index in [4.69, 9.17) is 23.7 Å². The summed E-state index contributed by atoms with van der Waals surface area (Å²) in [5, 5.41) is 0. The summed E-state index contributed by atoms with van der Waals surface area (Å²) in [6.45, 7) is 4.56. The van der Waals surface area contributed by atoms with Gasteiger partial charge in [-0.3, -0.25) is 4.79 Å². The second kappa shape index (κ2) is 10.7. The summed E-state index contributed by atoms with van der Waals surface area (Å²) in [6, 6.07) is 0. The minimum Gasteiger partial charge on any atom is -0.326 e. The number of hydrogen-bond acceptors (Lipinski definition) is 4. The van der Waals surface area contributed by atoms with E-state index >= 15 is 0 Å². The van der Waals surface area contributed by atoms with Gasteiger partial charge >= 0.3 is 0 Å². The summed E-state index contributed by atoms with van der Waals surface area (Å²) < 4.78 is 0. The lowest BCUT2D eigenvalue weighted by atomic mass is 10.3. The van der Waals surface area contributed by atoms with Crippen molar-refractivity contribution in [2.24, 2.45) is 11.5 Å². The zero-order valence-corrected chi connectivity index (χ0v) is 8.62. The Bertz CT molecular complexity index is 109. The summed E-state index contributed by atoms with van der Waals surface area (Å²) in [4.78, 5) is 11.0. The summed E-state index contributed by atoms with van der Waals surface area (Å²) >= 11 is 4.73. The van der Waals surface area contributed by atoms with E-state index in [0.29, 0.717) is 13.0 Å². The first-order valence-corrected chi connectivity index (χ1v) is 4.46. The Kier molecular flexibility index (Phi) is 12.7. The average Bonchev–Trinajstić information content (AvgIpc) is 2.16. The van der Waals surface area contributed by atoms with Gasteiger partial charge in [-0.2, -0.15) is 0 Å². The van der Waals surface area contributed by atoms with Gasteiger partial charge in [-0.25, -0.2) is 0 Å². The molecule has 0 fully saturated rings. The quantitative estimate of drug-likeness (QED) is 0.639. The van der Waals surface area contributed by atoms with Crippen LogP contribution in [0.15, 0.2) is 0 Å². The van der Waals surface area contributed by atoms with Gasteiger partial charge < -0.3 is 11.5 Å². The van der Waals surface area contributed by atoms with Crippen LogP contribution in [-0.4, -0.2) is 23.7 Å². The fraction of sp³-hybridized carbons (Fsp3) is 0.750. The molecule has 0 unspecified atom stereocenters. The van der Waals surface area contributed by atoms with Crippen molar-refractivity contribution in [1.29, 1.82) is 0 Å². The molecule has 0 bridgehead atoms. The van der Waals surface area contributed by atoms with E-state index in [1.54, 1.807) is 6.92 Å². The summed E-state index contributed by atoms with van der Waals surface area (Å²) in [5.41, 5.74) is 10.1. The van der Waals surface area contributed by atoms with Crippen LogP contribution >= 0.6 is 12.2 Å². The predicted molar refractivity (Wildman–Crippen MR) is 56.3 cm³/mol. The average molecular weight is 190 g/mol. The van der Waals surface area contributed by atoms with E-state index in [1.807, 2.05) is 6.92 Å². The van der Waals surface area contributed by atoms with Crippen LogP contribution in [0.25, 0.3) is 0 Å². The van der Waals surface area contributed by atoms with Gasteiger partial charge in [0.05, 0.1) is 6.54 Å². The largest absolute Gasteiger partial charge is 0.326 e. The molecule has 0 aliphatic rings. The zero-order chi connectivity index (χ0) is 9.98. The van der Waals surface area contributed by atoms with E-state index < -0.39 is 0 Å². The lowest BCUT2D eigenvalue weighted by Crippen LogP contribution is -2.11. The monoisotopic (exact) mass is 190 g/mol. The Labute approximate surface area is 79.5 Å². The Morgan fingerprint density at radius 3 is 1.67 bits per heavy atom. The molecule has 0 saturated heterocycles. The van der Waals surface area contributed by atoms with Crippen molar-refractivity contribution in [2.75, 3.05) is 13.1 Å². The van der Waals surface area contributed by atoms with Crippen molar-refractivity contribution in [1.82, 2.24) is 0 Å². The highest BCUT2D eigenvalue weighted by Crippen LogP contribution is 1.77. The fourth-order valence-electron chi connectivity index (χ4n) is 0.289. The van der Waals surface area contributed by atoms with Gasteiger partial charge in [-0.05, 0) is 6.42 Å². The Morgan fingerprint density at radius 1 is 1.17 bits per heavy atom. The molecule has 0 spiro atoms. The van der Waals surface area contributed by atoms with Crippen molar-refractivity contribution in [3.8, 4) is 0 Å². The maximum absolute atomic E-state index is 10.1. The molecule has 0 aromatic carbocycles. The molecular formula is C8H18N2OS. The molecule has 0 aliphatic carbocycles. The van der Waals surface area contributed by atoms with Crippen molar-refractivity contribution in [3.05, 3.63) is 0 Å². The molecular weight excluding hydrogens is 172 g/mol. The number of thiocarbonyl (C=S) groups is 1. The molecule has 4 N–H and O–H groups in total. The number of Topliss-reactive ketones (excluding diaryl/α,β-unsaturated/α-hetero) is 1. The van der Waals surface area contributed by atoms with E-state index in [1.165, 1.54) is 0 Å². The molecule has 72 valence electrons. The highest BCUT2D eigenvalue weighted by molar-refractivity contribution is 7.80. The number of carbonyl (C=O) groups is 1. The van der Waals surface area contributed by atoms with E-state index in [2.05, 4.69) is 0 Å². The van der Waals surface area contributed by atoms with Crippen molar-refractivity contribution < 1.29 is 4.79 Å². The van der Waals surface area contributed by atoms with Gasteiger partial charge in [0.2, 0.25) is 0 Å². The predicted octanol–water partition coefficient (Wildman–Crippen LogP) is 0.649. The number of hydrogen-bond donors (Lipinski definition) is 2. The molecule has 0 heterocycles. The molecule has 0 amide bonds. The fourth-order valence-corrected chi connectivity index (χ4v) is 0.289. The molecule has 0 rings (SSSR count). The van der Waals surface area contributed by atoms with E-state index in [9.17, 15) is 4.79 Å². The van der Waals surface area contributed by atoms with Gasteiger partial charge in [-0.1, -0.05) is 26.1 Å². The summed E-state index contributed by atoms with van der Waals surface area (Å²) in [5.74, 6) is 0.120. The molecule has 4 heteroatoms. The second-order valence-corrected chi connectivity index (χ2v) is 2.77. The lowest BCUT2D eigenvalue weighted by Gasteiger charge is -1.86. The Hall–Kier alpha value is -0.320. The number of rotatable bonds is 4. The molecule has 0 atom stereocenters. The van der Waals surface area contributed by atoms with Crippen LogP contribution in [0.2, 0.25) is 0 Å². The first kappa shape index (κ1) is 14.2. The van der Waals surface area contributed by atoms with Gasteiger partial charge in [-0.15, -0.1) is 0 Å². The van der Waals surface area contributed by atoms with Gasteiger partial charge in [0.25, 0.3) is 0 Å². The topological polar surface area (TPSA) is 69.1 Å². The smallest absolute Gasteiger partial charge is 0.146 e. The van der Waals surface area contributed by atoms with Crippen molar-refractivity contribution in [2.45, 2.75) is 26.7 Å². The molecule has 0 aliphatic heterocycles. The first-order chi connectivity index (χ1) is 5.62. The Morgan fingerprint density at radius 2 is 1.67 bits per heavy atom. The van der Waals surface area contributed by atoms with Gasteiger partial charge in [0.15, 0.2) is 0 Å². The van der Waals surface area contributed by atoms with Gasteiger partial charge in [0.1, 0.15) is 5.78 Å². The molecule has 0 aromatic heterocycles. The highest BCUT2D eigenvalue weighted by Gasteiger charge is 1.87. The molecule has 0 radical (unpaired) electrons. The van der Waals surface area contributed by atoms with Crippen LogP contribution in [0.5, 0.6) is 0 Å². The first-order valence-electron chi connectivity index (χ1n) is 4.05. The highest BCUT2D eigenvalue weighted by atomic mass is 32.1.